The molecular weight excluding hydrogens is 304 g/mol. The molecule has 1 N–H and O–H groups in total. The van der Waals surface area contributed by atoms with Crippen LogP contribution in [0, 0.1) is 0 Å². The van der Waals surface area contributed by atoms with Crippen molar-refractivity contribution in [3.05, 3.63) is 58.9 Å². The summed E-state index contributed by atoms with van der Waals surface area (Å²) in [6.45, 7) is 1.64. The molecule has 1 aromatic carbocycles. The quantitative estimate of drug-likeness (QED) is 0.679. The number of rotatable bonds is 5. The molecule has 1 heterocycles. The molecule has 22 heavy (non-hydrogen) atoms. The van der Waals surface area contributed by atoms with E-state index < -0.39 is 11.9 Å². The topological polar surface area (TPSA) is 68.3 Å². The molecule has 0 aliphatic heterocycles. The lowest BCUT2D eigenvalue weighted by molar-refractivity contribution is -0.119. The van der Waals surface area contributed by atoms with Crippen molar-refractivity contribution in [1.82, 2.24) is 4.98 Å². The van der Waals surface area contributed by atoms with Gasteiger partial charge >= 0.3 is 5.97 Å². The first kappa shape index (κ1) is 16.0. The average Bonchev–Trinajstić information content (AvgIpc) is 2.55. The van der Waals surface area contributed by atoms with E-state index in [-0.39, 0.29) is 11.8 Å². The molecule has 1 amide bonds. The van der Waals surface area contributed by atoms with Crippen molar-refractivity contribution in [2.75, 3.05) is 11.9 Å². The summed E-state index contributed by atoms with van der Waals surface area (Å²) >= 11 is 5.82. The van der Waals surface area contributed by atoms with Gasteiger partial charge in [0.2, 0.25) is 0 Å². The molecule has 6 heteroatoms. The fourth-order valence-corrected chi connectivity index (χ4v) is 1.92. The van der Waals surface area contributed by atoms with Crippen molar-refractivity contribution in [1.29, 1.82) is 0 Å². The second kappa shape index (κ2) is 7.56. The zero-order valence-corrected chi connectivity index (χ0v) is 12.8. The number of esters is 1. The van der Waals surface area contributed by atoms with Crippen LogP contribution in [0.15, 0.2) is 42.6 Å². The molecule has 0 saturated carbocycles. The Morgan fingerprint density at radius 2 is 1.95 bits per heavy atom. The lowest BCUT2D eigenvalue weighted by Crippen LogP contribution is -2.21. The maximum Gasteiger partial charge on any atom is 0.338 e. The third-order valence-electron chi connectivity index (χ3n) is 2.97. The Bertz CT molecular complexity index is 671. The van der Waals surface area contributed by atoms with Crippen molar-refractivity contribution < 1.29 is 14.3 Å². The van der Waals surface area contributed by atoms with E-state index in [1.807, 2.05) is 19.1 Å². The van der Waals surface area contributed by atoms with Crippen molar-refractivity contribution in [3.8, 4) is 0 Å². The summed E-state index contributed by atoms with van der Waals surface area (Å²) in [4.78, 5) is 27.4. The molecule has 2 aromatic rings. The summed E-state index contributed by atoms with van der Waals surface area (Å²) in [5, 5.41) is 2.70. The Morgan fingerprint density at radius 1 is 1.23 bits per heavy atom. The first-order valence-electron chi connectivity index (χ1n) is 6.76. The Morgan fingerprint density at radius 3 is 2.59 bits per heavy atom. The lowest BCUT2D eigenvalue weighted by atomic mass is 10.1. The van der Waals surface area contributed by atoms with Crippen LogP contribution >= 0.6 is 11.6 Å². The highest BCUT2D eigenvalue weighted by Gasteiger charge is 2.11. The molecule has 1 aromatic heterocycles. The van der Waals surface area contributed by atoms with Gasteiger partial charge in [-0.05, 0) is 36.2 Å². The second-order valence-electron chi connectivity index (χ2n) is 4.52. The van der Waals surface area contributed by atoms with Gasteiger partial charge in [0.15, 0.2) is 11.8 Å². The molecule has 0 aliphatic carbocycles. The second-order valence-corrected chi connectivity index (χ2v) is 4.87. The number of aromatic nitrogens is 1. The first-order chi connectivity index (χ1) is 10.6. The van der Waals surface area contributed by atoms with Crippen LogP contribution < -0.4 is 5.32 Å². The van der Waals surface area contributed by atoms with Crippen molar-refractivity contribution in [3.63, 3.8) is 0 Å². The number of ether oxygens (including phenoxy) is 1. The number of aryl methyl sites for hydroxylation is 1. The van der Waals surface area contributed by atoms with E-state index in [2.05, 4.69) is 10.3 Å². The molecule has 0 atom stereocenters. The number of carbonyl (C=O) groups is 2. The maximum absolute atomic E-state index is 11.8. The largest absolute Gasteiger partial charge is 0.452 e. The predicted molar refractivity (Wildman–Crippen MR) is 84.0 cm³/mol. The van der Waals surface area contributed by atoms with Gasteiger partial charge in [-0.3, -0.25) is 4.79 Å². The molecule has 5 nitrogen and oxygen atoms in total. The summed E-state index contributed by atoms with van der Waals surface area (Å²) in [7, 11) is 0. The van der Waals surface area contributed by atoms with Gasteiger partial charge in [-0.1, -0.05) is 30.7 Å². The smallest absolute Gasteiger partial charge is 0.338 e. The molecule has 0 saturated heterocycles. The lowest BCUT2D eigenvalue weighted by Gasteiger charge is -2.07. The number of pyridine rings is 1. The zero-order valence-electron chi connectivity index (χ0n) is 12.0. The minimum absolute atomic E-state index is 0.178. The Hall–Kier alpha value is -2.40. The molecule has 114 valence electrons. The van der Waals surface area contributed by atoms with Crippen LogP contribution in [-0.2, 0) is 16.0 Å². The predicted octanol–water partition coefficient (Wildman–Crippen LogP) is 3.09. The number of anilines is 1. The number of benzene rings is 1. The summed E-state index contributed by atoms with van der Waals surface area (Å²) in [5.74, 6) is -1.02. The van der Waals surface area contributed by atoms with Crippen LogP contribution in [0.1, 0.15) is 22.8 Å². The van der Waals surface area contributed by atoms with Gasteiger partial charge in [-0.2, -0.15) is 0 Å². The molecule has 0 spiro atoms. The molecule has 2 rings (SSSR count). The highest BCUT2D eigenvalue weighted by Crippen LogP contribution is 2.17. The average molecular weight is 319 g/mol. The molecule has 0 bridgehead atoms. The van der Waals surface area contributed by atoms with Crippen LogP contribution in [0.4, 0.5) is 5.69 Å². The summed E-state index contributed by atoms with van der Waals surface area (Å²) in [5.41, 5.74) is 1.91. The number of nitrogens with one attached hydrogen (secondary N) is 1. The van der Waals surface area contributed by atoms with Crippen molar-refractivity contribution >= 4 is 29.2 Å². The Kier molecular flexibility index (Phi) is 5.49. The maximum atomic E-state index is 11.8. The Balaban J connectivity index is 1.87. The molecule has 0 radical (unpaired) electrons. The molecular formula is C16H15ClN2O3. The highest BCUT2D eigenvalue weighted by molar-refractivity contribution is 6.32. The minimum Gasteiger partial charge on any atom is -0.452 e. The third kappa shape index (κ3) is 4.30. The van der Waals surface area contributed by atoms with Gasteiger partial charge in [0.25, 0.3) is 5.91 Å². The van der Waals surface area contributed by atoms with Crippen molar-refractivity contribution in [2.24, 2.45) is 0 Å². The van der Waals surface area contributed by atoms with E-state index in [1.54, 1.807) is 24.3 Å². The fraction of sp³-hybridized carbons (Fsp3) is 0.188. The van der Waals surface area contributed by atoms with Gasteiger partial charge in [0, 0.05) is 6.20 Å². The van der Waals surface area contributed by atoms with Gasteiger partial charge in [-0.15, -0.1) is 0 Å². The molecule has 0 unspecified atom stereocenters. The van der Waals surface area contributed by atoms with E-state index in [4.69, 9.17) is 16.3 Å². The van der Waals surface area contributed by atoms with Gasteiger partial charge in [-0.25, -0.2) is 9.78 Å². The van der Waals surface area contributed by atoms with Crippen molar-refractivity contribution in [2.45, 2.75) is 13.3 Å². The molecule has 0 aliphatic rings. The van der Waals surface area contributed by atoms with E-state index in [1.165, 1.54) is 6.20 Å². The van der Waals surface area contributed by atoms with Crippen LogP contribution in [0.2, 0.25) is 5.15 Å². The number of amides is 1. The van der Waals surface area contributed by atoms with Crippen LogP contribution in [-0.4, -0.2) is 23.5 Å². The number of hydrogen-bond acceptors (Lipinski definition) is 4. The van der Waals surface area contributed by atoms with E-state index in [0.717, 1.165) is 12.0 Å². The monoisotopic (exact) mass is 318 g/mol. The van der Waals surface area contributed by atoms with E-state index in [0.29, 0.717) is 11.3 Å². The van der Waals surface area contributed by atoms with Crippen LogP contribution in [0.3, 0.4) is 0 Å². The van der Waals surface area contributed by atoms with E-state index >= 15 is 0 Å². The van der Waals surface area contributed by atoms with Crippen LogP contribution in [0.5, 0.6) is 0 Å². The summed E-state index contributed by atoms with van der Waals surface area (Å²) < 4.78 is 4.96. The summed E-state index contributed by atoms with van der Waals surface area (Å²) in [6, 6.07) is 10.3. The third-order valence-corrected chi connectivity index (χ3v) is 3.27. The fourth-order valence-electron chi connectivity index (χ4n) is 1.76. The number of carbonyl (C=O) groups excluding carboxylic acids is 2. The summed E-state index contributed by atoms with van der Waals surface area (Å²) in [6.07, 6.45) is 2.40. The minimum atomic E-state index is -0.546. The van der Waals surface area contributed by atoms with Crippen LogP contribution in [0.25, 0.3) is 0 Å². The van der Waals surface area contributed by atoms with Gasteiger partial charge < -0.3 is 10.1 Å². The number of nitrogens with zero attached hydrogens (tertiary/aromatic N) is 1. The normalized spacial score (nSPS) is 10.1. The highest BCUT2D eigenvalue weighted by atomic mass is 35.5. The number of hydrogen-bond donors (Lipinski definition) is 1. The van der Waals surface area contributed by atoms with Gasteiger partial charge in [0.1, 0.15) is 0 Å². The first-order valence-corrected chi connectivity index (χ1v) is 7.14. The zero-order chi connectivity index (χ0) is 15.9. The standard InChI is InChI=1S/C16H15ClN2O3/c1-2-11-5-7-12(8-6-11)16(21)22-10-14(20)19-13-4-3-9-18-15(13)17/h3-9H,2,10H2,1H3,(H,19,20). The molecule has 0 fully saturated rings. The SMILES string of the molecule is CCc1ccc(C(=O)OCC(=O)Nc2cccnc2Cl)cc1. The van der Waals surface area contributed by atoms with E-state index in [9.17, 15) is 9.59 Å². The number of halogens is 1. The Labute approximate surface area is 133 Å². The van der Waals surface area contributed by atoms with Gasteiger partial charge in [0.05, 0.1) is 11.3 Å².